The van der Waals surface area contributed by atoms with Crippen molar-refractivity contribution in [2.45, 2.75) is 25.6 Å². The third-order valence-electron chi connectivity index (χ3n) is 2.66. The van der Waals surface area contributed by atoms with Crippen LogP contribution in [0.1, 0.15) is 20.3 Å². The van der Waals surface area contributed by atoms with E-state index in [1.54, 1.807) is 6.20 Å². The average molecular weight is 252 g/mol. The van der Waals surface area contributed by atoms with Crippen LogP contribution in [0.15, 0.2) is 30.6 Å². The van der Waals surface area contributed by atoms with Gasteiger partial charge in [-0.1, -0.05) is 19.9 Å². The zero-order valence-corrected chi connectivity index (χ0v) is 11.0. The molecule has 4 heteroatoms. The third-order valence-corrected chi connectivity index (χ3v) is 2.99. The lowest BCUT2D eigenvalue weighted by Crippen LogP contribution is -2.17. The van der Waals surface area contributed by atoms with Gasteiger partial charge < -0.3 is 5.32 Å². The monoisotopic (exact) mass is 251 g/mol. The van der Waals surface area contributed by atoms with Crippen LogP contribution in [-0.4, -0.2) is 21.3 Å². The van der Waals surface area contributed by atoms with Crippen molar-refractivity contribution in [1.82, 2.24) is 9.38 Å². The average Bonchev–Trinajstić information content (AvgIpc) is 2.73. The molecule has 0 aromatic carbocycles. The first-order chi connectivity index (χ1) is 8.16. The van der Waals surface area contributed by atoms with E-state index in [1.807, 2.05) is 28.8 Å². The SMILES string of the molecule is CC(C)CC(Cl)CNc1cccc2nccn12. The molecule has 0 aliphatic heterocycles. The Balaban J connectivity index is 2.01. The van der Waals surface area contributed by atoms with E-state index in [1.165, 1.54) is 0 Å². The molecule has 2 rings (SSSR count). The number of anilines is 1. The van der Waals surface area contributed by atoms with Gasteiger partial charge >= 0.3 is 0 Å². The molecule has 1 unspecified atom stereocenters. The molecular weight excluding hydrogens is 234 g/mol. The van der Waals surface area contributed by atoms with Gasteiger partial charge in [0.2, 0.25) is 0 Å². The molecule has 0 bridgehead atoms. The van der Waals surface area contributed by atoms with E-state index in [4.69, 9.17) is 11.6 Å². The van der Waals surface area contributed by atoms with Crippen LogP contribution in [-0.2, 0) is 0 Å². The van der Waals surface area contributed by atoms with Gasteiger partial charge in [-0.2, -0.15) is 0 Å². The van der Waals surface area contributed by atoms with Crippen LogP contribution in [0.4, 0.5) is 5.82 Å². The second-order valence-electron chi connectivity index (χ2n) is 4.67. The van der Waals surface area contributed by atoms with Gasteiger partial charge in [0.1, 0.15) is 11.5 Å². The number of pyridine rings is 1. The predicted octanol–water partition coefficient (Wildman–Crippen LogP) is 3.40. The normalized spacial score (nSPS) is 13.2. The maximum atomic E-state index is 6.26. The maximum Gasteiger partial charge on any atom is 0.138 e. The Bertz CT molecular complexity index is 478. The van der Waals surface area contributed by atoms with Crippen LogP contribution in [0.3, 0.4) is 0 Å². The van der Waals surface area contributed by atoms with E-state index in [0.29, 0.717) is 5.92 Å². The quantitative estimate of drug-likeness (QED) is 0.826. The van der Waals surface area contributed by atoms with Crippen molar-refractivity contribution in [3.8, 4) is 0 Å². The Morgan fingerprint density at radius 1 is 1.41 bits per heavy atom. The van der Waals surface area contributed by atoms with E-state index in [-0.39, 0.29) is 5.38 Å². The van der Waals surface area contributed by atoms with E-state index in [0.717, 1.165) is 24.4 Å². The summed E-state index contributed by atoms with van der Waals surface area (Å²) < 4.78 is 2.03. The zero-order valence-electron chi connectivity index (χ0n) is 10.2. The molecule has 17 heavy (non-hydrogen) atoms. The largest absolute Gasteiger partial charge is 0.370 e. The summed E-state index contributed by atoms with van der Waals surface area (Å²) in [5.41, 5.74) is 0.949. The van der Waals surface area contributed by atoms with Crippen molar-refractivity contribution in [3.63, 3.8) is 0 Å². The van der Waals surface area contributed by atoms with Crippen molar-refractivity contribution in [2.75, 3.05) is 11.9 Å². The van der Waals surface area contributed by atoms with E-state index in [2.05, 4.69) is 24.1 Å². The summed E-state index contributed by atoms with van der Waals surface area (Å²) in [6, 6.07) is 6.02. The highest BCUT2D eigenvalue weighted by molar-refractivity contribution is 6.20. The van der Waals surface area contributed by atoms with Crippen molar-refractivity contribution < 1.29 is 0 Å². The lowest BCUT2D eigenvalue weighted by atomic mass is 10.1. The van der Waals surface area contributed by atoms with E-state index < -0.39 is 0 Å². The first-order valence-corrected chi connectivity index (χ1v) is 6.40. The molecule has 3 nitrogen and oxygen atoms in total. The fourth-order valence-corrected chi connectivity index (χ4v) is 2.34. The molecule has 0 fully saturated rings. The van der Waals surface area contributed by atoms with Crippen LogP contribution < -0.4 is 5.32 Å². The molecule has 0 saturated heterocycles. The number of halogens is 1. The smallest absolute Gasteiger partial charge is 0.138 e. The predicted molar refractivity (Wildman–Crippen MR) is 72.8 cm³/mol. The molecule has 92 valence electrons. The number of aromatic nitrogens is 2. The highest BCUT2D eigenvalue weighted by Crippen LogP contribution is 2.14. The molecule has 0 saturated carbocycles. The first kappa shape index (κ1) is 12.2. The Morgan fingerprint density at radius 3 is 3.00 bits per heavy atom. The maximum absolute atomic E-state index is 6.26. The molecule has 2 heterocycles. The third kappa shape index (κ3) is 3.13. The van der Waals surface area contributed by atoms with E-state index >= 15 is 0 Å². The van der Waals surface area contributed by atoms with Crippen LogP contribution in [0.25, 0.3) is 5.65 Å². The van der Waals surface area contributed by atoms with Crippen molar-refractivity contribution in [1.29, 1.82) is 0 Å². The van der Waals surface area contributed by atoms with Crippen LogP contribution >= 0.6 is 11.6 Å². The number of hydrogen-bond acceptors (Lipinski definition) is 2. The number of rotatable bonds is 5. The van der Waals surface area contributed by atoms with Gasteiger partial charge in [0.05, 0.1) is 5.38 Å². The van der Waals surface area contributed by atoms with Crippen LogP contribution in [0.5, 0.6) is 0 Å². The minimum atomic E-state index is 0.161. The number of hydrogen-bond donors (Lipinski definition) is 1. The van der Waals surface area contributed by atoms with Gasteiger partial charge in [0, 0.05) is 18.9 Å². The van der Waals surface area contributed by atoms with Gasteiger partial charge in [-0.3, -0.25) is 4.40 Å². The Labute approximate surface area is 107 Å². The highest BCUT2D eigenvalue weighted by atomic mass is 35.5. The second kappa shape index (κ2) is 5.41. The Hall–Kier alpha value is -1.22. The summed E-state index contributed by atoms with van der Waals surface area (Å²) >= 11 is 6.26. The Kier molecular flexibility index (Phi) is 3.89. The minimum absolute atomic E-state index is 0.161. The van der Waals surface area contributed by atoms with Crippen molar-refractivity contribution in [2.24, 2.45) is 5.92 Å². The fourth-order valence-electron chi connectivity index (χ4n) is 1.90. The zero-order chi connectivity index (χ0) is 12.3. The molecule has 0 spiro atoms. The number of nitrogens with zero attached hydrogens (tertiary/aromatic N) is 2. The van der Waals surface area contributed by atoms with Crippen molar-refractivity contribution >= 4 is 23.1 Å². The molecule has 2 aromatic heterocycles. The summed E-state index contributed by atoms with van der Waals surface area (Å²) in [6.45, 7) is 5.15. The summed E-state index contributed by atoms with van der Waals surface area (Å²) in [5, 5.41) is 3.53. The van der Waals surface area contributed by atoms with E-state index in [9.17, 15) is 0 Å². The molecule has 0 aliphatic rings. The van der Waals surface area contributed by atoms with Crippen LogP contribution in [0.2, 0.25) is 0 Å². The molecule has 0 aliphatic carbocycles. The lowest BCUT2D eigenvalue weighted by molar-refractivity contribution is 0.572. The minimum Gasteiger partial charge on any atom is -0.370 e. The number of nitrogens with one attached hydrogen (secondary N) is 1. The van der Waals surface area contributed by atoms with Crippen LogP contribution in [0, 0.1) is 5.92 Å². The molecule has 0 radical (unpaired) electrons. The molecule has 1 atom stereocenters. The van der Waals surface area contributed by atoms with Gasteiger partial charge in [-0.05, 0) is 24.5 Å². The fraction of sp³-hybridized carbons (Fsp3) is 0.462. The molecular formula is C13H18ClN3. The summed E-state index contributed by atoms with van der Waals surface area (Å²) in [5.74, 6) is 1.66. The number of imidazole rings is 1. The first-order valence-electron chi connectivity index (χ1n) is 5.97. The molecule has 2 aromatic rings. The van der Waals surface area contributed by atoms with Gasteiger partial charge in [-0.25, -0.2) is 4.98 Å². The standard InChI is InChI=1S/C13H18ClN3/c1-10(2)8-11(14)9-16-13-5-3-4-12-15-6-7-17(12)13/h3-7,10-11,16H,8-9H2,1-2H3. The van der Waals surface area contributed by atoms with Gasteiger partial charge in [-0.15, -0.1) is 11.6 Å². The Morgan fingerprint density at radius 2 is 2.24 bits per heavy atom. The summed E-state index contributed by atoms with van der Waals surface area (Å²) in [4.78, 5) is 4.24. The second-order valence-corrected chi connectivity index (χ2v) is 5.29. The number of fused-ring (bicyclic) bond motifs is 1. The summed E-state index contributed by atoms with van der Waals surface area (Å²) in [7, 11) is 0. The summed E-state index contributed by atoms with van der Waals surface area (Å²) in [6.07, 6.45) is 4.77. The van der Waals surface area contributed by atoms with Crippen molar-refractivity contribution in [3.05, 3.63) is 30.6 Å². The molecule has 0 amide bonds. The lowest BCUT2D eigenvalue weighted by Gasteiger charge is -2.14. The van der Waals surface area contributed by atoms with Gasteiger partial charge in [0.15, 0.2) is 0 Å². The van der Waals surface area contributed by atoms with Gasteiger partial charge in [0.25, 0.3) is 0 Å². The molecule has 1 N–H and O–H groups in total. The topological polar surface area (TPSA) is 29.3 Å². The highest BCUT2D eigenvalue weighted by Gasteiger charge is 2.08. The number of alkyl halides is 1.